The molecule has 1 aromatic rings. The molecule has 17 heavy (non-hydrogen) atoms. The van der Waals surface area contributed by atoms with Crippen molar-refractivity contribution in [3.8, 4) is 6.07 Å². The second-order valence-corrected chi connectivity index (χ2v) is 4.12. The molecule has 0 aliphatic carbocycles. The van der Waals surface area contributed by atoms with E-state index in [1.165, 1.54) is 0 Å². The molecule has 88 valence electrons. The predicted molar refractivity (Wildman–Crippen MR) is 70.2 cm³/mol. The summed E-state index contributed by atoms with van der Waals surface area (Å²) in [5.74, 6) is 0. The van der Waals surface area contributed by atoms with Crippen LogP contribution in [0.15, 0.2) is 30.5 Å². The van der Waals surface area contributed by atoms with E-state index in [4.69, 9.17) is 5.26 Å². The van der Waals surface area contributed by atoms with Crippen LogP contribution in [-0.2, 0) is 0 Å². The molecule has 1 aromatic heterocycles. The van der Waals surface area contributed by atoms with Crippen molar-refractivity contribution in [2.45, 2.75) is 13.8 Å². The molecule has 0 fully saturated rings. The summed E-state index contributed by atoms with van der Waals surface area (Å²) in [5.41, 5.74) is 3.27. The van der Waals surface area contributed by atoms with Crippen LogP contribution < -0.4 is 0 Å². The Kier molecular flexibility index (Phi) is 4.47. The summed E-state index contributed by atoms with van der Waals surface area (Å²) in [5, 5.41) is 9.04. The van der Waals surface area contributed by atoms with Gasteiger partial charge in [-0.3, -0.25) is 0 Å². The van der Waals surface area contributed by atoms with Gasteiger partial charge < -0.3 is 4.90 Å². The molecule has 0 spiro atoms. The van der Waals surface area contributed by atoms with Crippen LogP contribution in [0.25, 0.3) is 5.57 Å². The quantitative estimate of drug-likeness (QED) is 0.745. The van der Waals surface area contributed by atoms with E-state index in [0.29, 0.717) is 5.69 Å². The third kappa shape index (κ3) is 3.76. The van der Waals surface area contributed by atoms with Gasteiger partial charge in [0.1, 0.15) is 11.8 Å². The van der Waals surface area contributed by atoms with Crippen molar-refractivity contribution in [1.29, 1.82) is 5.26 Å². The summed E-state index contributed by atoms with van der Waals surface area (Å²) in [7, 11) is 3.93. The van der Waals surface area contributed by atoms with Gasteiger partial charge in [0, 0.05) is 25.4 Å². The van der Waals surface area contributed by atoms with Gasteiger partial charge in [-0.1, -0.05) is 6.08 Å². The Morgan fingerprint density at radius 1 is 1.41 bits per heavy atom. The molecule has 1 heterocycles. The zero-order chi connectivity index (χ0) is 12.8. The molecule has 1 rings (SSSR count). The minimum absolute atomic E-state index is 0.483. The molecule has 0 aromatic carbocycles. The Morgan fingerprint density at radius 3 is 2.71 bits per heavy atom. The summed E-state index contributed by atoms with van der Waals surface area (Å²) < 4.78 is 0. The van der Waals surface area contributed by atoms with Gasteiger partial charge in [0.15, 0.2) is 0 Å². The fraction of sp³-hybridized carbons (Fsp3) is 0.286. The highest BCUT2D eigenvalue weighted by Crippen LogP contribution is 2.17. The Morgan fingerprint density at radius 2 is 2.12 bits per heavy atom. The molecule has 0 radical (unpaired) electrons. The second-order valence-electron chi connectivity index (χ2n) is 4.12. The molecule has 3 nitrogen and oxygen atoms in total. The van der Waals surface area contributed by atoms with Crippen LogP contribution in [0.5, 0.6) is 0 Å². The first-order valence-corrected chi connectivity index (χ1v) is 5.44. The maximum Gasteiger partial charge on any atom is 0.148 e. The summed E-state index contributed by atoms with van der Waals surface area (Å²) in [6.45, 7) is 3.86. The van der Waals surface area contributed by atoms with Crippen LogP contribution in [0.1, 0.15) is 23.9 Å². The van der Waals surface area contributed by atoms with Crippen molar-refractivity contribution in [3.63, 3.8) is 0 Å². The maximum atomic E-state index is 9.04. The Hall–Kier alpha value is -2.08. The number of pyridine rings is 1. The Balaban J connectivity index is 3.04. The summed E-state index contributed by atoms with van der Waals surface area (Å²) in [6, 6.07) is 5.99. The fourth-order valence-electron chi connectivity index (χ4n) is 1.41. The molecule has 0 unspecified atom stereocenters. The third-order valence-electron chi connectivity index (χ3n) is 2.30. The third-order valence-corrected chi connectivity index (χ3v) is 2.30. The normalized spacial score (nSPS) is 11.6. The fourth-order valence-corrected chi connectivity index (χ4v) is 1.41. The molecule has 0 saturated carbocycles. The van der Waals surface area contributed by atoms with Crippen molar-refractivity contribution in [3.05, 3.63) is 47.4 Å². The molecule has 0 atom stereocenters. The highest BCUT2D eigenvalue weighted by atomic mass is 15.0. The highest BCUT2D eigenvalue weighted by Gasteiger charge is 2.04. The predicted octanol–water partition coefficient (Wildman–Crippen LogP) is 2.74. The van der Waals surface area contributed by atoms with Gasteiger partial charge in [0.25, 0.3) is 0 Å². The second kappa shape index (κ2) is 5.86. The lowest BCUT2D eigenvalue weighted by Gasteiger charge is -2.04. The van der Waals surface area contributed by atoms with Crippen LogP contribution >= 0.6 is 0 Å². The average molecular weight is 227 g/mol. The molecule has 0 amide bonds. The lowest BCUT2D eigenvalue weighted by molar-refractivity contribution is 0.564. The first-order chi connectivity index (χ1) is 8.04. The Labute approximate surface area is 103 Å². The van der Waals surface area contributed by atoms with Crippen molar-refractivity contribution in [2.75, 3.05) is 14.1 Å². The van der Waals surface area contributed by atoms with E-state index in [1.54, 1.807) is 0 Å². The molecule has 0 saturated heterocycles. The number of hydrogen-bond acceptors (Lipinski definition) is 3. The standard InChI is InChI=1S/C14H17N3/c1-11(6-5-9-17(3)4)13-8-7-12(2)16-14(13)10-15/h5-9H,1-4H3/b9-5-,11-6+. The molecular formula is C14H17N3. The van der Waals surface area contributed by atoms with Gasteiger partial charge in [-0.05, 0) is 43.8 Å². The van der Waals surface area contributed by atoms with Crippen molar-refractivity contribution >= 4 is 5.57 Å². The minimum Gasteiger partial charge on any atom is -0.383 e. The molecule has 0 bridgehead atoms. The molecular weight excluding hydrogens is 210 g/mol. The van der Waals surface area contributed by atoms with Crippen molar-refractivity contribution in [2.24, 2.45) is 0 Å². The molecule has 0 aliphatic rings. The first kappa shape index (κ1) is 13.0. The summed E-state index contributed by atoms with van der Waals surface area (Å²) in [4.78, 5) is 6.18. The first-order valence-electron chi connectivity index (χ1n) is 5.44. The van der Waals surface area contributed by atoms with Crippen molar-refractivity contribution in [1.82, 2.24) is 9.88 Å². The van der Waals surface area contributed by atoms with Gasteiger partial charge in [-0.15, -0.1) is 0 Å². The monoisotopic (exact) mass is 227 g/mol. The molecule has 3 heteroatoms. The van der Waals surface area contributed by atoms with Gasteiger partial charge in [0.05, 0.1) is 0 Å². The molecule has 0 aliphatic heterocycles. The largest absolute Gasteiger partial charge is 0.383 e. The number of nitrogens with zero attached hydrogens (tertiary/aromatic N) is 3. The number of rotatable bonds is 3. The van der Waals surface area contributed by atoms with E-state index >= 15 is 0 Å². The number of allylic oxidation sites excluding steroid dienone is 3. The lowest BCUT2D eigenvalue weighted by atomic mass is 10.1. The number of aryl methyl sites for hydroxylation is 1. The zero-order valence-electron chi connectivity index (χ0n) is 10.7. The van der Waals surface area contributed by atoms with E-state index in [0.717, 1.165) is 16.8 Å². The lowest BCUT2D eigenvalue weighted by Crippen LogP contribution is -1.99. The average Bonchev–Trinajstić information content (AvgIpc) is 2.28. The van der Waals surface area contributed by atoms with Crippen LogP contribution in [0, 0.1) is 18.3 Å². The van der Waals surface area contributed by atoms with Gasteiger partial charge >= 0.3 is 0 Å². The summed E-state index contributed by atoms with van der Waals surface area (Å²) >= 11 is 0. The molecule has 0 N–H and O–H groups in total. The smallest absolute Gasteiger partial charge is 0.148 e. The van der Waals surface area contributed by atoms with Crippen LogP contribution in [0.3, 0.4) is 0 Å². The minimum atomic E-state index is 0.483. The maximum absolute atomic E-state index is 9.04. The van der Waals surface area contributed by atoms with Gasteiger partial charge in [0.2, 0.25) is 0 Å². The van der Waals surface area contributed by atoms with Crippen LogP contribution in [0.4, 0.5) is 0 Å². The highest BCUT2D eigenvalue weighted by molar-refractivity contribution is 5.68. The topological polar surface area (TPSA) is 39.9 Å². The number of hydrogen-bond donors (Lipinski definition) is 0. The van der Waals surface area contributed by atoms with E-state index in [1.807, 2.05) is 63.3 Å². The van der Waals surface area contributed by atoms with E-state index in [2.05, 4.69) is 11.1 Å². The zero-order valence-corrected chi connectivity index (χ0v) is 10.7. The summed E-state index contributed by atoms with van der Waals surface area (Å²) in [6.07, 6.45) is 5.89. The van der Waals surface area contributed by atoms with E-state index < -0.39 is 0 Å². The van der Waals surface area contributed by atoms with Gasteiger partial charge in [-0.25, -0.2) is 4.98 Å². The number of nitriles is 1. The SMILES string of the molecule is C/C(=C\C=C/N(C)C)c1ccc(C)nc1C#N. The Bertz CT molecular complexity index is 491. The van der Waals surface area contributed by atoms with Crippen LogP contribution in [-0.4, -0.2) is 24.0 Å². The number of aromatic nitrogens is 1. The van der Waals surface area contributed by atoms with Crippen LogP contribution in [0.2, 0.25) is 0 Å². The van der Waals surface area contributed by atoms with E-state index in [-0.39, 0.29) is 0 Å². The van der Waals surface area contributed by atoms with E-state index in [9.17, 15) is 0 Å². The van der Waals surface area contributed by atoms with Gasteiger partial charge in [-0.2, -0.15) is 5.26 Å². The van der Waals surface area contributed by atoms with Crippen molar-refractivity contribution < 1.29 is 0 Å².